The maximum Gasteiger partial charge on any atom is 0.307 e. The largest absolute Gasteiger partial charge is 0.481 e. The van der Waals surface area contributed by atoms with Gasteiger partial charge in [-0.05, 0) is 31.6 Å². The Kier molecular flexibility index (Phi) is 5.07. The fourth-order valence-electron chi connectivity index (χ4n) is 3.62. The molecule has 1 saturated heterocycles. The molecule has 0 amide bonds. The second-order valence-corrected chi connectivity index (χ2v) is 8.24. The van der Waals surface area contributed by atoms with E-state index in [1.807, 2.05) is 0 Å². The standard InChI is InChI=1S/C14H25NO4S/c1-2-4-11-7-9-15(10-8-11)20(18,19)13-6-3-5-12(13)14(16)17/h11-13H,2-10H2,1H3,(H,16,17). The number of hydrogen-bond donors (Lipinski definition) is 1. The summed E-state index contributed by atoms with van der Waals surface area (Å²) in [6, 6.07) is 0. The van der Waals surface area contributed by atoms with E-state index in [2.05, 4.69) is 6.92 Å². The molecule has 1 heterocycles. The maximum absolute atomic E-state index is 12.6. The molecule has 1 N–H and O–H groups in total. The predicted octanol–water partition coefficient (Wildman–Crippen LogP) is 2.08. The lowest BCUT2D eigenvalue weighted by Crippen LogP contribution is -2.45. The summed E-state index contributed by atoms with van der Waals surface area (Å²) in [5.41, 5.74) is 0. The third-order valence-corrected chi connectivity index (χ3v) is 7.20. The molecule has 1 aliphatic carbocycles. The highest BCUT2D eigenvalue weighted by Gasteiger charge is 2.44. The van der Waals surface area contributed by atoms with Gasteiger partial charge in [0.2, 0.25) is 10.0 Å². The van der Waals surface area contributed by atoms with Gasteiger partial charge in [0.15, 0.2) is 0 Å². The average Bonchev–Trinajstić information content (AvgIpc) is 2.90. The molecule has 0 aromatic heterocycles. The van der Waals surface area contributed by atoms with Crippen molar-refractivity contribution in [3.05, 3.63) is 0 Å². The normalized spacial score (nSPS) is 29.6. The van der Waals surface area contributed by atoms with E-state index in [4.69, 9.17) is 0 Å². The molecule has 2 fully saturated rings. The first-order valence-electron chi connectivity index (χ1n) is 7.68. The zero-order valence-electron chi connectivity index (χ0n) is 12.1. The summed E-state index contributed by atoms with van der Waals surface area (Å²) in [5.74, 6) is -1.05. The highest BCUT2D eigenvalue weighted by molar-refractivity contribution is 7.89. The van der Waals surface area contributed by atoms with Crippen molar-refractivity contribution in [3.63, 3.8) is 0 Å². The van der Waals surface area contributed by atoms with E-state index in [1.165, 1.54) is 0 Å². The van der Waals surface area contributed by atoms with Gasteiger partial charge in [-0.15, -0.1) is 0 Å². The predicted molar refractivity (Wildman–Crippen MR) is 76.9 cm³/mol. The van der Waals surface area contributed by atoms with Gasteiger partial charge in [-0.1, -0.05) is 26.2 Å². The monoisotopic (exact) mass is 303 g/mol. The van der Waals surface area contributed by atoms with Crippen LogP contribution in [0.5, 0.6) is 0 Å². The van der Waals surface area contributed by atoms with Crippen molar-refractivity contribution in [1.29, 1.82) is 0 Å². The van der Waals surface area contributed by atoms with Crippen LogP contribution in [0.15, 0.2) is 0 Å². The number of carboxylic acids is 1. The number of aliphatic carboxylic acids is 1. The van der Waals surface area contributed by atoms with Crippen LogP contribution in [0.3, 0.4) is 0 Å². The lowest BCUT2D eigenvalue weighted by atomic mass is 9.94. The van der Waals surface area contributed by atoms with Crippen molar-refractivity contribution in [2.75, 3.05) is 13.1 Å². The Labute approximate surface area is 121 Å². The molecule has 2 unspecified atom stereocenters. The Bertz CT molecular complexity index is 440. The number of nitrogens with zero attached hydrogens (tertiary/aromatic N) is 1. The second kappa shape index (κ2) is 6.43. The number of piperidine rings is 1. The number of carbonyl (C=O) groups is 1. The molecule has 0 aromatic carbocycles. The lowest BCUT2D eigenvalue weighted by Gasteiger charge is -2.33. The molecule has 0 bridgehead atoms. The van der Waals surface area contributed by atoms with E-state index in [9.17, 15) is 18.3 Å². The molecule has 20 heavy (non-hydrogen) atoms. The first kappa shape index (κ1) is 15.8. The fraction of sp³-hybridized carbons (Fsp3) is 0.929. The first-order chi connectivity index (χ1) is 9.46. The minimum absolute atomic E-state index is 0.492. The van der Waals surface area contributed by atoms with Crippen molar-refractivity contribution < 1.29 is 18.3 Å². The van der Waals surface area contributed by atoms with Gasteiger partial charge in [0.25, 0.3) is 0 Å². The molecule has 0 spiro atoms. The summed E-state index contributed by atoms with van der Waals surface area (Å²) in [4.78, 5) is 11.2. The van der Waals surface area contributed by atoms with Crippen LogP contribution >= 0.6 is 0 Å². The van der Waals surface area contributed by atoms with Crippen LogP contribution in [0.1, 0.15) is 51.9 Å². The van der Waals surface area contributed by atoms with Crippen LogP contribution in [-0.2, 0) is 14.8 Å². The van der Waals surface area contributed by atoms with E-state index in [-0.39, 0.29) is 0 Å². The Balaban J connectivity index is 2.02. The summed E-state index contributed by atoms with van der Waals surface area (Å²) in [6.07, 6.45) is 5.82. The van der Waals surface area contributed by atoms with Crippen molar-refractivity contribution in [1.82, 2.24) is 4.31 Å². The topological polar surface area (TPSA) is 74.7 Å². The number of carboxylic acid groups (broad SMARTS) is 1. The van der Waals surface area contributed by atoms with Gasteiger partial charge < -0.3 is 5.11 Å². The van der Waals surface area contributed by atoms with Crippen molar-refractivity contribution >= 4 is 16.0 Å². The first-order valence-corrected chi connectivity index (χ1v) is 9.19. The fourth-order valence-corrected chi connectivity index (χ4v) is 5.85. The summed E-state index contributed by atoms with van der Waals surface area (Å²) in [7, 11) is -3.44. The number of sulfonamides is 1. The molecule has 1 saturated carbocycles. The van der Waals surface area contributed by atoms with Crippen molar-refractivity contribution in [3.8, 4) is 0 Å². The maximum atomic E-state index is 12.6. The minimum Gasteiger partial charge on any atom is -0.481 e. The smallest absolute Gasteiger partial charge is 0.307 e. The Morgan fingerprint density at radius 2 is 1.85 bits per heavy atom. The summed E-state index contributed by atoms with van der Waals surface area (Å²) < 4.78 is 26.8. The average molecular weight is 303 g/mol. The SMILES string of the molecule is CCCC1CCN(S(=O)(=O)C2CCCC2C(=O)O)CC1. The van der Waals surface area contributed by atoms with Crippen LogP contribution in [0.4, 0.5) is 0 Å². The van der Waals surface area contributed by atoms with E-state index < -0.39 is 27.2 Å². The number of hydrogen-bond acceptors (Lipinski definition) is 3. The molecular weight excluding hydrogens is 278 g/mol. The number of rotatable bonds is 5. The van der Waals surface area contributed by atoms with Gasteiger partial charge in [-0.2, -0.15) is 0 Å². The highest BCUT2D eigenvalue weighted by atomic mass is 32.2. The van der Waals surface area contributed by atoms with E-state index >= 15 is 0 Å². The zero-order chi connectivity index (χ0) is 14.8. The van der Waals surface area contributed by atoms with Crippen LogP contribution in [-0.4, -0.2) is 42.1 Å². The molecular formula is C14H25NO4S. The molecule has 1 aliphatic heterocycles. The minimum atomic E-state index is -3.44. The summed E-state index contributed by atoms with van der Waals surface area (Å²) in [6.45, 7) is 3.28. The molecule has 2 atom stereocenters. The summed E-state index contributed by atoms with van der Waals surface area (Å²) in [5, 5.41) is 8.47. The third kappa shape index (κ3) is 3.17. The van der Waals surface area contributed by atoms with Gasteiger partial charge in [-0.3, -0.25) is 4.79 Å². The van der Waals surface area contributed by atoms with Crippen LogP contribution in [0.25, 0.3) is 0 Å². The third-order valence-electron chi connectivity index (χ3n) is 4.78. The molecule has 0 aromatic rings. The van der Waals surface area contributed by atoms with Crippen molar-refractivity contribution in [2.45, 2.75) is 57.1 Å². The van der Waals surface area contributed by atoms with Crippen LogP contribution in [0.2, 0.25) is 0 Å². The van der Waals surface area contributed by atoms with E-state index in [0.29, 0.717) is 38.3 Å². The highest BCUT2D eigenvalue weighted by Crippen LogP contribution is 2.35. The molecule has 0 radical (unpaired) electrons. The van der Waals surface area contributed by atoms with E-state index in [0.717, 1.165) is 25.7 Å². The Morgan fingerprint density at radius 1 is 1.20 bits per heavy atom. The van der Waals surface area contributed by atoms with Gasteiger partial charge in [0.1, 0.15) is 0 Å². The molecule has 2 rings (SSSR count). The molecule has 6 heteroatoms. The zero-order valence-corrected chi connectivity index (χ0v) is 12.9. The van der Waals surface area contributed by atoms with Gasteiger partial charge >= 0.3 is 5.97 Å². The lowest BCUT2D eigenvalue weighted by molar-refractivity contribution is -0.141. The Hall–Kier alpha value is -0.620. The van der Waals surface area contributed by atoms with Gasteiger partial charge in [0.05, 0.1) is 11.2 Å². The molecule has 2 aliphatic rings. The van der Waals surface area contributed by atoms with Crippen LogP contribution < -0.4 is 0 Å². The Morgan fingerprint density at radius 3 is 2.40 bits per heavy atom. The van der Waals surface area contributed by atoms with Crippen LogP contribution in [0, 0.1) is 11.8 Å². The molecule has 116 valence electrons. The van der Waals surface area contributed by atoms with Gasteiger partial charge in [0, 0.05) is 13.1 Å². The molecule has 5 nitrogen and oxygen atoms in total. The quantitative estimate of drug-likeness (QED) is 0.844. The van der Waals surface area contributed by atoms with Gasteiger partial charge in [-0.25, -0.2) is 12.7 Å². The van der Waals surface area contributed by atoms with Crippen molar-refractivity contribution in [2.24, 2.45) is 11.8 Å². The second-order valence-electron chi connectivity index (χ2n) is 6.09. The van der Waals surface area contributed by atoms with E-state index in [1.54, 1.807) is 4.31 Å². The summed E-state index contributed by atoms with van der Waals surface area (Å²) >= 11 is 0.